The molecule has 0 atom stereocenters. The molecule has 0 unspecified atom stereocenters. The number of hydrogen-bond acceptors (Lipinski definition) is 12. The summed E-state index contributed by atoms with van der Waals surface area (Å²) in [5.74, 6) is 0.0897. The number of pyridine rings is 2. The number of carbonyl (C=O) groups is 2. The Bertz CT molecular complexity index is 1920. The Hall–Kier alpha value is -4.63. The summed E-state index contributed by atoms with van der Waals surface area (Å²) in [5.41, 5.74) is 1.29. The fourth-order valence-corrected chi connectivity index (χ4v) is 7.08. The first kappa shape index (κ1) is 34.2. The van der Waals surface area contributed by atoms with E-state index in [9.17, 15) is 9.59 Å². The average molecular weight is 669 g/mol. The molecule has 5 aromatic heterocycles. The minimum absolute atomic E-state index is 0.0574. The predicted molar refractivity (Wildman–Crippen MR) is 181 cm³/mol. The van der Waals surface area contributed by atoms with Gasteiger partial charge < -0.3 is 24.2 Å². The standard InChI is InChI=1S/C16H17N3O2S.C13H15N3O3S.C2H4O2/c1-21-11-7-8-17-15-12(11)13-14(22-15)16(20)19(9-18-13)10-5-3-2-4-6-10;1-16(2)7-15-10-9-8(18-3)5-6-14-12(9)20-11(10)13(17)19-4;1-2(3)4/h7-10H,2-6H2,1H3;5-7H,1-4H3;1H3,(H,3,4). The summed E-state index contributed by atoms with van der Waals surface area (Å²) < 4.78 is 18.0. The van der Waals surface area contributed by atoms with Crippen molar-refractivity contribution < 1.29 is 28.9 Å². The van der Waals surface area contributed by atoms with Crippen LogP contribution in [0, 0.1) is 0 Å². The second-order valence-corrected chi connectivity index (χ2v) is 12.4. The molecule has 1 saturated carbocycles. The van der Waals surface area contributed by atoms with Crippen molar-refractivity contribution in [3.05, 3.63) is 46.1 Å². The number of carboxylic acids is 1. The van der Waals surface area contributed by atoms with E-state index in [1.54, 1.807) is 50.2 Å². The number of carboxylic acid groups (broad SMARTS) is 1. The van der Waals surface area contributed by atoms with Crippen molar-refractivity contribution in [2.75, 3.05) is 35.4 Å². The number of esters is 1. The van der Waals surface area contributed by atoms with Gasteiger partial charge in [-0.1, -0.05) is 19.3 Å². The van der Waals surface area contributed by atoms with Crippen molar-refractivity contribution in [1.29, 1.82) is 0 Å². The maximum atomic E-state index is 12.9. The lowest BCUT2D eigenvalue weighted by Crippen LogP contribution is -2.26. The number of carbonyl (C=O) groups excluding carboxylic acids is 1. The zero-order chi connectivity index (χ0) is 33.4. The first-order valence-corrected chi connectivity index (χ1v) is 16.0. The van der Waals surface area contributed by atoms with E-state index < -0.39 is 11.9 Å². The van der Waals surface area contributed by atoms with Gasteiger partial charge in [-0.15, -0.1) is 22.7 Å². The normalized spacial score (nSPS) is 13.2. The number of aliphatic imine (C=N–C) groups is 1. The summed E-state index contributed by atoms with van der Waals surface area (Å²) >= 11 is 2.65. The summed E-state index contributed by atoms with van der Waals surface area (Å²) in [6, 6.07) is 3.84. The third-order valence-corrected chi connectivity index (χ3v) is 9.14. The number of thiophene rings is 2. The first-order valence-electron chi connectivity index (χ1n) is 14.4. The van der Waals surface area contributed by atoms with Crippen molar-refractivity contribution in [2.45, 2.75) is 45.1 Å². The molecule has 0 saturated heterocycles. The predicted octanol–water partition coefficient (Wildman–Crippen LogP) is 5.92. The smallest absolute Gasteiger partial charge is 0.350 e. The number of ether oxygens (including phenoxy) is 3. The molecule has 46 heavy (non-hydrogen) atoms. The molecule has 0 aromatic carbocycles. The van der Waals surface area contributed by atoms with Gasteiger partial charge in [0.15, 0.2) is 0 Å². The van der Waals surface area contributed by atoms with Gasteiger partial charge in [0, 0.05) is 39.5 Å². The summed E-state index contributed by atoms with van der Waals surface area (Å²) in [6.07, 6.45) is 12.5. The molecule has 13 nitrogen and oxygen atoms in total. The maximum Gasteiger partial charge on any atom is 0.350 e. The van der Waals surface area contributed by atoms with Crippen LogP contribution in [0.4, 0.5) is 5.69 Å². The molecular weight excluding hydrogens is 633 g/mol. The SMILES string of the molecule is CC(=O)O.COC(=O)c1sc2nccc(OC)c2c1N=CN(C)C.COc1ccnc2sc3c(=O)n(C4CCCCC4)cnc3c12. The number of nitrogens with zero attached hydrogens (tertiary/aromatic N) is 6. The lowest BCUT2D eigenvalue weighted by Gasteiger charge is -2.23. The Morgan fingerprint density at radius 1 is 0.978 bits per heavy atom. The van der Waals surface area contributed by atoms with Gasteiger partial charge in [-0.3, -0.25) is 14.2 Å². The number of fused-ring (bicyclic) bond motifs is 4. The second-order valence-electron chi connectivity index (χ2n) is 10.4. The van der Waals surface area contributed by atoms with Gasteiger partial charge in [0.25, 0.3) is 11.5 Å². The number of aliphatic carboxylic acids is 1. The molecule has 1 aliphatic rings. The van der Waals surface area contributed by atoms with E-state index in [2.05, 4.69) is 19.9 Å². The van der Waals surface area contributed by atoms with Crippen molar-refractivity contribution >= 4 is 77.3 Å². The number of hydrogen-bond donors (Lipinski definition) is 1. The monoisotopic (exact) mass is 668 g/mol. The molecule has 0 amide bonds. The van der Waals surface area contributed by atoms with Gasteiger partial charge in [-0.25, -0.2) is 24.7 Å². The van der Waals surface area contributed by atoms with Crippen molar-refractivity contribution in [1.82, 2.24) is 24.4 Å². The number of aromatic nitrogens is 4. The fraction of sp³-hybridized carbons (Fsp3) is 0.387. The van der Waals surface area contributed by atoms with E-state index in [1.807, 2.05) is 24.7 Å². The number of rotatable bonds is 6. The minimum atomic E-state index is -0.833. The molecule has 1 aliphatic carbocycles. The Morgan fingerprint density at radius 3 is 2.13 bits per heavy atom. The Morgan fingerprint density at radius 2 is 1.57 bits per heavy atom. The topological polar surface area (TPSA) is 158 Å². The highest BCUT2D eigenvalue weighted by atomic mass is 32.1. The largest absolute Gasteiger partial charge is 0.496 e. The van der Waals surface area contributed by atoms with Crippen LogP contribution in [0.5, 0.6) is 11.5 Å². The molecule has 1 fully saturated rings. The molecule has 1 N–H and O–H groups in total. The third kappa shape index (κ3) is 7.59. The van der Waals surface area contributed by atoms with Crippen LogP contribution < -0.4 is 15.0 Å². The van der Waals surface area contributed by atoms with E-state index in [4.69, 9.17) is 24.1 Å². The van der Waals surface area contributed by atoms with E-state index >= 15 is 0 Å². The quantitative estimate of drug-likeness (QED) is 0.130. The lowest BCUT2D eigenvalue weighted by molar-refractivity contribution is -0.134. The van der Waals surface area contributed by atoms with Gasteiger partial charge >= 0.3 is 5.97 Å². The molecule has 0 spiro atoms. The molecule has 15 heteroatoms. The molecule has 0 radical (unpaired) electrons. The van der Waals surface area contributed by atoms with Crippen LogP contribution in [0.25, 0.3) is 30.6 Å². The van der Waals surface area contributed by atoms with E-state index in [-0.39, 0.29) is 5.56 Å². The first-order chi connectivity index (χ1) is 22.1. The Kier molecular flexibility index (Phi) is 11.6. The average Bonchev–Trinajstić information content (AvgIpc) is 3.63. The highest BCUT2D eigenvalue weighted by Crippen LogP contribution is 2.42. The lowest BCUT2D eigenvalue weighted by atomic mass is 9.95. The highest BCUT2D eigenvalue weighted by molar-refractivity contribution is 7.25. The molecule has 244 valence electrons. The van der Waals surface area contributed by atoms with Gasteiger partial charge in [0.2, 0.25) is 0 Å². The zero-order valence-corrected chi connectivity index (χ0v) is 28.1. The Balaban J connectivity index is 0.000000188. The summed E-state index contributed by atoms with van der Waals surface area (Å²) in [4.78, 5) is 55.0. The zero-order valence-electron chi connectivity index (χ0n) is 26.5. The molecular formula is C31H36N6O7S2. The molecule has 6 rings (SSSR count). The van der Waals surface area contributed by atoms with Gasteiger partial charge in [0.05, 0.1) is 44.8 Å². The van der Waals surface area contributed by atoms with Crippen molar-refractivity contribution in [2.24, 2.45) is 4.99 Å². The molecule has 0 bridgehead atoms. The van der Waals surface area contributed by atoms with Crippen molar-refractivity contribution in [3.63, 3.8) is 0 Å². The van der Waals surface area contributed by atoms with Gasteiger partial charge in [0.1, 0.15) is 41.9 Å². The molecule has 0 aliphatic heterocycles. The van der Waals surface area contributed by atoms with Crippen LogP contribution in [0.3, 0.4) is 0 Å². The van der Waals surface area contributed by atoms with Crippen LogP contribution in [0.1, 0.15) is 54.7 Å². The minimum Gasteiger partial charge on any atom is -0.496 e. The van der Waals surface area contributed by atoms with E-state index in [1.165, 1.54) is 49.0 Å². The maximum absolute atomic E-state index is 12.9. The van der Waals surface area contributed by atoms with Gasteiger partial charge in [-0.2, -0.15) is 0 Å². The van der Waals surface area contributed by atoms with E-state index in [0.29, 0.717) is 37.4 Å². The number of methoxy groups -OCH3 is 3. The van der Waals surface area contributed by atoms with Gasteiger partial charge in [-0.05, 0) is 25.0 Å². The summed E-state index contributed by atoms with van der Waals surface area (Å²) in [5, 5.41) is 8.98. The van der Waals surface area contributed by atoms with Crippen LogP contribution >= 0.6 is 22.7 Å². The fourth-order valence-electron chi connectivity index (χ4n) is 5.00. The highest BCUT2D eigenvalue weighted by Gasteiger charge is 2.23. The van der Waals surface area contributed by atoms with Crippen LogP contribution in [-0.2, 0) is 9.53 Å². The molecule has 5 heterocycles. The third-order valence-electron chi connectivity index (χ3n) is 6.99. The second kappa shape index (κ2) is 15.6. The Labute approximate surface area is 273 Å². The molecule has 5 aromatic rings. The van der Waals surface area contributed by atoms with Crippen LogP contribution in [0.2, 0.25) is 0 Å². The van der Waals surface area contributed by atoms with Crippen molar-refractivity contribution in [3.8, 4) is 11.5 Å². The van der Waals surface area contributed by atoms with Crippen LogP contribution in [-0.4, -0.2) is 83.2 Å². The van der Waals surface area contributed by atoms with E-state index in [0.717, 1.165) is 41.1 Å². The van der Waals surface area contributed by atoms with Crippen LogP contribution in [0.15, 0.2) is 40.6 Å². The summed E-state index contributed by atoms with van der Waals surface area (Å²) in [6.45, 7) is 1.08. The summed E-state index contributed by atoms with van der Waals surface area (Å²) in [7, 11) is 8.25.